The summed E-state index contributed by atoms with van der Waals surface area (Å²) >= 11 is 0. The van der Waals surface area contributed by atoms with E-state index in [1.165, 1.54) is 0 Å². The molecule has 16 heavy (non-hydrogen) atoms. The maximum atomic E-state index is 11.7. The van der Waals surface area contributed by atoms with Gasteiger partial charge in [-0.3, -0.25) is 9.59 Å². The standard InChI is InChI=1S/C13H22O3/c1-5-8(4)10-11(9(6-2)7-3)13(15)16-12(10)14/h8-11H,5-7H2,1-4H3. The van der Waals surface area contributed by atoms with Crippen molar-refractivity contribution >= 4 is 11.9 Å². The highest BCUT2D eigenvalue weighted by Crippen LogP contribution is 2.38. The van der Waals surface area contributed by atoms with Gasteiger partial charge in [-0.05, 0) is 11.8 Å². The Bertz CT molecular complexity index is 268. The summed E-state index contributed by atoms with van der Waals surface area (Å²) in [5.74, 6) is -0.539. The highest BCUT2D eigenvalue weighted by molar-refractivity contribution is 5.96. The van der Waals surface area contributed by atoms with Crippen LogP contribution in [0, 0.1) is 23.7 Å². The van der Waals surface area contributed by atoms with E-state index in [4.69, 9.17) is 4.74 Å². The molecule has 0 spiro atoms. The van der Waals surface area contributed by atoms with E-state index in [9.17, 15) is 9.59 Å². The number of rotatable bonds is 5. The van der Waals surface area contributed by atoms with Crippen LogP contribution >= 0.6 is 0 Å². The lowest BCUT2D eigenvalue weighted by Crippen LogP contribution is -2.30. The zero-order valence-corrected chi connectivity index (χ0v) is 10.7. The Morgan fingerprint density at radius 3 is 1.94 bits per heavy atom. The Hall–Kier alpha value is -0.860. The Labute approximate surface area is 97.5 Å². The molecule has 1 heterocycles. The van der Waals surface area contributed by atoms with Crippen LogP contribution in [0.1, 0.15) is 47.0 Å². The maximum Gasteiger partial charge on any atom is 0.317 e. The first-order valence-electron chi connectivity index (χ1n) is 6.32. The van der Waals surface area contributed by atoms with Crippen molar-refractivity contribution < 1.29 is 14.3 Å². The normalized spacial score (nSPS) is 27.3. The molecule has 1 saturated heterocycles. The van der Waals surface area contributed by atoms with E-state index in [1.54, 1.807) is 0 Å². The van der Waals surface area contributed by atoms with Gasteiger partial charge in [0.2, 0.25) is 0 Å². The number of carbonyl (C=O) groups is 2. The monoisotopic (exact) mass is 226 g/mol. The lowest BCUT2D eigenvalue weighted by Gasteiger charge is -2.25. The largest absolute Gasteiger partial charge is 0.393 e. The Kier molecular flexibility index (Phi) is 4.51. The smallest absolute Gasteiger partial charge is 0.317 e. The van der Waals surface area contributed by atoms with Gasteiger partial charge in [0, 0.05) is 0 Å². The molecule has 0 radical (unpaired) electrons. The van der Waals surface area contributed by atoms with E-state index in [0.29, 0.717) is 0 Å². The number of esters is 2. The molecule has 0 aromatic heterocycles. The van der Waals surface area contributed by atoms with Gasteiger partial charge < -0.3 is 4.74 Å². The summed E-state index contributed by atoms with van der Waals surface area (Å²) in [5.41, 5.74) is 0. The van der Waals surface area contributed by atoms with E-state index >= 15 is 0 Å². The third-order valence-electron chi connectivity index (χ3n) is 3.95. The molecular weight excluding hydrogens is 204 g/mol. The molecule has 0 N–H and O–H groups in total. The van der Waals surface area contributed by atoms with Crippen molar-refractivity contribution in [2.24, 2.45) is 23.7 Å². The highest BCUT2D eigenvalue weighted by Gasteiger charge is 2.49. The van der Waals surface area contributed by atoms with Gasteiger partial charge in [0.25, 0.3) is 0 Å². The maximum absolute atomic E-state index is 11.7. The average Bonchev–Trinajstić information content (AvgIpc) is 2.55. The van der Waals surface area contributed by atoms with Crippen molar-refractivity contribution in [1.29, 1.82) is 0 Å². The van der Waals surface area contributed by atoms with Gasteiger partial charge >= 0.3 is 11.9 Å². The van der Waals surface area contributed by atoms with E-state index in [-0.39, 0.29) is 35.6 Å². The summed E-state index contributed by atoms with van der Waals surface area (Å²) in [6.45, 7) is 8.21. The molecule has 3 heteroatoms. The van der Waals surface area contributed by atoms with Crippen molar-refractivity contribution in [1.82, 2.24) is 0 Å². The lowest BCUT2D eigenvalue weighted by atomic mass is 9.74. The minimum absolute atomic E-state index is 0.211. The topological polar surface area (TPSA) is 43.4 Å². The Morgan fingerprint density at radius 1 is 1.00 bits per heavy atom. The minimum Gasteiger partial charge on any atom is -0.393 e. The SMILES string of the molecule is CCC(C)C1C(=O)OC(=O)C1C(CC)CC. The van der Waals surface area contributed by atoms with Crippen molar-refractivity contribution in [3.63, 3.8) is 0 Å². The summed E-state index contributed by atoms with van der Waals surface area (Å²) in [4.78, 5) is 23.4. The van der Waals surface area contributed by atoms with E-state index in [0.717, 1.165) is 19.3 Å². The van der Waals surface area contributed by atoms with E-state index in [2.05, 4.69) is 13.8 Å². The fraction of sp³-hybridized carbons (Fsp3) is 0.846. The van der Waals surface area contributed by atoms with Crippen molar-refractivity contribution in [2.75, 3.05) is 0 Å². The molecule has 0 aromatic carbocycles. The molecule has 0 amide bonds. The van der Waals surface area contributed by atoms with Gasteiger partial charge in [-0.15, -0.1) is 0 Å². The zero-order valence-electron chi connectivity index (χ0n) is 10.7. The van der Waals surface area contributed by atoms with Crippen LogP contribution in [0.3, 0.4) is 0 Å². The molecule has 0 aliphatic carbocycles. The van der Waals surface area contributed by atoms with Crippen molar-refractivity contribution in [3.8, 4) is 0 Å². The first-order valence-corrected chi connectivity index (χ1v) is 6.32. The fourth-order valence-corrected chi connectivity index (χ4v) is 2.65. The summed E-state index contributed by atoms with van der Waals surface area (Å²) < 4.78 is 4.82. The molecule has 3 nitrogen and oxygen atoms in total. The average molecular weight is 226 g/mol. The predicted octanol–water partition coefficient (Wildman–Crippen LogP) is 2.78. The molecule has 1 fully saturated rings. The molecular formula is C13H22O3. The third kappa shape index (κ3) is 2.28. The minimum atomic E-state index is -0.309. The van der Waals surface area contributed by atoms with Crippen molar-refractivity contribution in [2.45, 2.75) is 47.0 Å². The summed E-state index contributed by atoms with van der Waals surface area (Å²) in [6.07, 6.45) is 2.76. The molecule has 1 aliphatic rings. The number of hydrogen-bond acceptors (Lipinski definition) is 3. The van der Waals surface area contributed by atoms with Crippen LogP contribution in [0.15, 0.2) is 0 Å². The second-order valence-electron chi connectivity index (χ2n) is 4.75. The van der Waals surface area contributed by atoms with Crippen LogP contribution in [-0.2, 0) is 14.3 Å². The van der Waals surface area contributed by atoms with Crippen LogP contribution in [0.2, 0.25) is 0 Å². The number of carbonyl (C=O) groups excluding carboxylic acids is 2. The zero-order chi connectivity index (χ0) is 12.3. The van der Waals surface area contributed by atoms with Gasteiger partial charge in [0.15, 0.2) is 0 Å². The number of cyclic esters (lactones) is 2. The molecule has 0 saturated carbocycles. The van der Waals surface area contributed by atoms with Gasteiger partial charge in [-0.25, -0.2) is 0 Å². The second-order valence-corrected chi connectivity index (χ2v) is 4.75. The molecule has 0 bridgehead atoms. The van der Waals surface area contributed by atoms with E-state index in [1.807, 2.05) is 13.8 Å². The number of ether oxygens (including phenoxy) is 1. The Morgan fingerprint density at radius 2 is 1.50 bits per heavy atom. The van der Waals surface area contributed by atoms with Crippen LogP contribution in [0.4, 0.5) is 0 Å². The molecule has 3 unspecified atom stereocenters. The second kappa shape index (κ2) is 5.46. The quantitative estimate of drug-likeness (QED) is 0.535. The molecule has 92 valence electrons. The third-order valence-corrected chi connectivity index (χ3v) is 3.95. The first-order chi connectivity index (χ1) is 7.56. The lowest BCUT2D eigenvalue weighted by molar-refractivity contribution is -0.154. The van der Waals surface area contributed by atoms with Gasteiger partial charge in [0.05, 0.1) is 11.8 Å². The summed E-state index contributed by atoms with van der Waals surface area (Å²) in [5, 5.41) is 0. The fourth-order valence-electron chi connectivity index (χ4n) is 2.65. The highest BCUT2D eigenvalue weighted by atomic mass is 16.6. The number of hydrogen-bond donors (Lipinski definition) is 0. The molecule has 0 aromatic rings. The first kappa shape index (κ1) is 13.2. The van der Waals surface area contributed by atoms with Gasteiger partial charge in [0.1, 0.15) is 0 Å². The van der Waals surface area contributed by atoms with Gasteiger partial charge in [-0.2, -0.15) is 0 Å². The van der Waals surface area contributed by atoms with Crippen LogP contribution in [0.5, 0.6) is 0 Å². The van der Waals surface area contributed by atoms with Crippen LogP contribution in [-0.4, -0.2) is 11.9 Å². The predicted molar refractivity (Wildman–Crippen MR) is 61.6 cm³/mol. The molecule has 1 rings (SSSR count). The molecule has 1 aliphatic heterocycles. The van der Waals surface area contributed by atoms with Crippen molar-refractivity contribution in [3.05, 3.63) is 0 Å². The molecule has 3 atom stereocenters. The summed E-state index contributed by atoms with van der Waals surface area (Å²) in [6, 6.07) is 0. The van der Waals surface area contributed by atoms with Gasteiger partial charge in [-0.1, -0.05) is 47.0 Å². The van der Waals surface area contributed by atoms with Crippen LogP contribution < -0.4 is 0 Å². The van der Waals surface area contributed by atoms with Crippen LogP contribution in [0.25, 0.3) is 0 Å². The Balaban J connectivity index is 2.93. The van der Waals surface area contributed by atoms with E-state index < -0.39 is 0 Å². The summed E-state index contributed by atoms with van der Waals surface area (Å²) in [7, 11) is 0.